The molecule has 150 valence electrons. The van der Waals surface area contributed by atoms with Crippen LogP contribution in [0.5, 0.6) is 0 Å². The van der Waals surface area contributed by atoms with Crippen molar-refractivity contribution in [3.8, 4) is 11.4 Å². The van der Waals surface area contributed by atoms with Crippen LogP contribution in [0.1, 0.15) is 69.6 Å². The third-order valence-electron chi connectivity index (χ3n) is 5.26. The van der Waals surface area contributed by atoms with Crippen LogP contribution >= 0.6 is 0 Å². The Kier molecular flexibility index (Phi) is 6.62. The number of aromatic nitrogens is 4. The molecule has 0 radical (unpaired) electrons. The molecule has 10 nitrogen and oxygen atoms in total. The van der Waals surface area contributed by atoms with E-state index in [4.69, 9.17) is 4.52 Å². The molecule has 2 aromatic heterocycles. The van der Waals surface area contributed by atoms with Crippen LogP contribution in [0, 0.1) is 10.8 Å². The number of rotatable bonds is 8. The quantitative estimate of drug-likeness (QED) is 0.658. The Morgan fingerprint density at radius 2 is 2.07 bits per heavy atom. The van der Waals surface area contributed by atoms with E-state index in [0.717, 1.165) is 12.8 Å². The van der Waals surface area contributed by atoms with E-state index in [0.29, 0.717) is 12.3 Å². The van der Waals surface area contributed by atoms with Crippen molar-refractivity contribution in [2.24, 2.45) is 11.1 Å². The van der Waals surface area contributed by atoms with Gasteiger partial charge < -0.3 is 9.51 Å². The fraction of sp³-hybridized carbons (Fsp3) is 0.611. The number of nitroso groups, excluding NO2 is 1. The van der Waals surface area contributed by atoms with Crippen LogP contribution in [0.3, 0.4) is 0 Å². The number of nitrogens with zero attached hydrogens (tertiary/aromatic N) is 3. The van der Waals surface area contributed by atoms with Crippen molar-refractivity contribution in [2.45, 2.75) is 63.7 Å². The van der Waals surface area contributed by atoms with E-state index in [-0.39, 0.29) is 23.7 Å². The summed E-state index contributed by atoms with van der Waals surface area (Å²) in [7, 11) is 0. The molecule has 0 aromatic carbocycles. The molecule has 0 aliphatic heterocycles. The summed E-state index contributed by atoms with van der Waals surface area (Å²) in [5, 5.41) is 6.25. The molecule has 1 saturated carbocycles. The summed E-state index contributed by atoms with van der Waals surface area (Å²) < 4.78 is 5.25. The minimum Gasteiger partial charge on any atom is -0.339 e. The third-order valence-corrected chi connectivity index (χ3v) is 5.26. The molecular weight excluding hydrogens is 366 g/mol. The highest BCUT2D eigenvalue weighted by Crippen LogP contribution is 2.31. The zero-order valence-corrected chi connectivity index (χ0v) is 15.5. The van der Waals surface area contributed by atoms with Gasteiger partial charge in [0.2, 0.25) is 11.7 Å². The minimum absolute atomic E-state index is 0.0105. The van der Waals surface area contributed by atoms with Gasteiger partial charge in [-0.2, -0.15) is 4.98 Å². The summed E-state index contributed by atoms with van der Waals surface area (Å²) in [5.41, 5.74) is -1.23. The van der Waals surface area contributed by atoms with Crippen molar-refractivity contribution >= 4 is 5.91 Å². The number of carbonyl (C=O) groups is 1. The van der Waals surface area contributed by atoms with Crippen LogP contribution in [0.25, 0.3) is 11.4 Å². The second kappa shape index (κ2) is 9.34. The van der Waals surface area contributed by atoms with Crippen LogP contribution in [-0.4, -0.2) is 26.0 Å². The number of hydrogen-bond donors (Lipinski definition) is 2. The number of amides is 1. The molecule has 1 aliphatic rings. The minimum atomic E-state index is -0.774. The first-order valence-electron chi connectivity index (χ1n) is 9.59. The third kappa shape index (κ3) is 5.08. The fourth-order valence-electron chi connectivity index (χ4n) is 3.78. The summed E-state index contributed by atoms with van der Waals surface area (Å²) >= 11 is 0. The Morgan fingerprint density at radius 1 is 1.29 bits per heavy atom. The number of carbonyl (C=O) groups excluding carboxylic acids is 1. The first-order chi connectivity index (χ1) is 13.6. The molecule has 2 aromatic rings. The normalized spacial score (nSPS) is 16.0. The van der Waals surface area contributed by atoms with Gasteiger partial charge in [-0.3, -0.25) is 14.6 Å². The fourth-order valence-corrected chi connectivity index (χ4v) is 3.78. The Balaban J connectivity index is 1.71. The van der Waals surface area contributed by atoms with Crippen molar-refractivity contribution in [3.63, 3.8) is 0 Å². The first-order valence-corrected chi connectivity index (χ1v) is 9.59. The first kappa shape index (κ1) is 19.8. The highest BCUT2D eigenvalue weighted by Gasteiger charge is 2.24. The number of nitrogens with one attached hydrogen (secondary N) is 2. The van der Waals surface area contributed by atoms with Gasteiger partial charge in [0.15, 0.2) is 0 Å². The zero-order chi connectivity index (χ0) is 19.9. The largest absolute Gasteiger partial charge is 0.339 e. The van der Waals surface area contributed by atoms with Crippen LogP contribution in [0.4, 0.5) is 0 Å². The monoisotopic (exact) mass is 389 g/mol. The maximum Gasteiger partial charge on any atom is 0.325 e. The van der Waals surface area contributed by atoms with E-state index in [2.05, 4.69) is 25.3 Å². The molecule has 3 rings (SSSR count). The zero-order valence-electron chi connectivity index (χ0n) is 15.5. The number of hydrogen-bond acceptors (Lipinski definition) is 7. The molecule has 1 aliphatic carbocycles. The van der Waals surface area contributed by atoms with E-state index >= 15 is 0 Å². The maximum absolute atomic E-state index is 11.9. The van der Waals surface area contributed by atoms with E-state index in [1.807, 2.05) is 0 Å². The lowest BCUT2D eigenvalue weighted by molar-refractivity contribution is -0.118. The molecule has 1 amide bonds. The molecule has 1 atom stereocenters. The Bertz CT molecular complexity index is 925. The van der Waals surface area contributed by atoms with E-state index in [1.54, 1.807) is 0 Å². The van der Waals surface area contributed by atoms with Crippen LogP contribution in [0.2, 0.25) is 0 Å². The molecule has 1 unspecified atom stereocenters. The Morgan fingerprint density at radius 3 is 2.79 bits per heavy atom. The number of aromatic amines is 2. The molecule has 0 spiro atoms. The van der Waals surface area contributed by atoms with Crippen molar-refractivity contribution < 1.29 is 9.32 Å². The molecule has 0 saturated heterocycles. The van der Waals surface area contributed by atoms with Crippen molar-refractivity contribution in [3.05, 3.63) is 37.8 Å². The SMILES string of the molecule is O=NC(=O)CC(CCCC1CCCCC1)c1nc(-c2c[nH]c(=O)[nH]c2=O)no1. The average molecular weight is 389 g/mol. The predicted octanol–water partition coefficient (Wildman–Crippen LogP) is 2.63. The molecule has 1 fully saturated rings. The molecule has 0 bridgehead atoms. The summed E-state index contributed by atoms with van der Waals surface area (Å²) in [6.07, 6.45) is 9.93. The highest BCUT2D eigenvalue weighted by atomic mass is 16.5. The second-order valence-electron chi connectivity index (χ2n) is 7.26. The standard InChI is InChI=1S/C18H23N5O5/c24-14(22-27)9-12(8-4-7-11-5-2-1-3-6-11)17-20-15(23-28-17)13-10-19-18(26)21-16(13)25/h10-12H,1-9H2,(H2,19,21,25,26). The molecule has 28 heavy (non-hydrogen) atoms. The lowest BCUT2D eigenvalue weighted by Gasteiger charge is -2.21. The predicted molar refractivity (Wildman–Crippen MR) is 99.6 cm³/mol. The summed E-state index contributed by atoms with van der Waals surface area (Å²) in [6.45, 7) is 0. The topological polar surface area (TPSA) is 151 Å². The molecule has 2 heterocycles. The van der Waals surface area contributed by atoms with E-state index < -0.39 is 23.1 Å². The maximum atomic E-state index is 11.9. The van der Waals surface area contributed by atoms with Crippen molar-refractivity contribution in [1.82, 2.24) is 20.1 Å². The van der Waals surface area contributed by atoms with Gasteiger partial charge in [-0.05, 0) is 12.3 Å². The van der Waals surface area contributed by atoms with Gasteiger partial charge >= 0.3 is 5.69 Å². The van der Waals surface area contributed by atoms with E-state index in [1.165, 1.54) is 38.3 Å². The van der Waals surface area contributed by atoms with Gasteiger partial charge in [-0.1, -0.05) is 50.1 Å². The van der Waals surface area contributed by atoms with Crippen LogP contribution in [-0.2, 0) is 4.79 Å². The summed E-state index contributed by atoms with van der Waals surface area (Å²) in [5.74, 6) is -0.314. The van der Waals surface area contributed by atoms with Crippen molar-refractivity contribution in [2.75, 3.05) is 0 Å². The Labute approximate surface area is 160 Å². The summed E-state index contributed by atoms with van der Waals surface area (Å²) in [6, 6.07) is 0. The van der Waals surface area contributed by atoms with Crippen LogP contribution in [0.15, 0.2) is 25.5 Å². The van der Waals surface area contributed by atoms with Gasteiger partial charge in [0.25, 0.3) is 11.5 Å². The van der Waals surface area contributed by atoms with Gasteiger partial charge in [-0.15, -0.1) is 4.91 Å². The molecule has 10 heteroatoms. The Hall–Kier alpha value is -2.91. The highest BCUT2D eigenvalue weighted by molar-refractivity contribution is 5.77. The molecule has 2 N–H and O–H groups in total. The molecular formula is C18H23N5O5. The number of H-pyrrole nitrogens is 2. The summed E-state index contributed by atoms with van der Waals surface area (Å²) in [4.78, 5) is 53.8. The van der Waals surface area contributed by atoms with Crippen molar-refractivity contribution in [1.29, 1.82) is 0 Å². The lowest BCUT2D eigenvalue weighted by Crippen LogP contribution is -2.22. The van der Waals surface area contributed by atoms with Gasteiger partial charge in [0, 0.05) is 23.7 Å². The van der Waals surface area contributed by atoms with Gasteiger partial charge in [0.05, 0.1) is 0 Å². The van der Waals surface area contributed by atoms with Gasteiger partial charge in [0.1, 0.15) is 5.56 Å². The smallest absolute Gasteiger partial charge is 0.325 e. The average Bonchev–Trinajstić information content (AvgIpc) is 3.17. The van der Waals surface area contributed by atoms with E-state index in [9.17, 15) is 19.3 Å². The van der Waals surface area contributed by atoms with Gasteiger partial charge in [-0.25, -0.2) is 4.79 Å². The van der Waals surface area contributed by atoms with Crippen LogP contribution < -0.4 is 11.2 Å². The lowest BCUT2D eigenvalue weighted by atomic mass is 9.84. The second-order valence-corrected chi connectivity index (χ2v) is 7.26.